The normalized spacial score (nSPS) is 16.1. The van der Waals surface area contributed by atoms with Crippen molar-refractivity contribution >= 4 is 16.7 Å². The molecule has 120 valence electrons. The molecule has 3 aromatic carbocycles. The molecule has 0 saturated heterocycles. The summed E-state index contributed by atoms with van der Waals surface area (Å²) in [7, 11) is 1.94. The van der Waals surface area contributed by atoms with Gasteiger partial charge in [-0.2, -0.15) is 0 Å². The number of benzene rings is 3. The molecular formula is C22H21NO. The molecule has 0 bridgehead atoms. The van der Waals surface area contributed by atoms with Gasteiger partial charge >= 0.3 is 0 Å². The standard InChI is InChI=1S/C22H21NO/c1-23(21-14-13-17-8-3-5-12-20(17)21)22(24)15-18-10-6-9-16-7-2-4-11-19(16)18/h2-12,21H,13-15H2,1H3/t21-/m1/s1. The summed E-state index contributed by atoms with van der Waals surface area (Å²) in [6, 6.07) is 23.2. The van der Waals surface area contributed by atoms with Crippen molar-refractivity contribution in [2.75, 3.05) is 7.05 Å². The highest BCUT2D eigenvalue weighted by Crippen LogP contribution is 2.35. The first-order valence-corrected chi connectivity index (χ1v) is 8.54. The number of carbonyl (C=O) groups is 1. The Bertz CT molecular complexity index is 894. The van der Waals surface area contributed by atoms with E-state index >= 15 is 0 Å². The molecule has 0 unspecified atom stereocenters. The molecule has 0 fully saturated rings. The van der Waals surface area contributed by atoms with Crippen molar-refractivity contribution in [1.29, 1.82) is 0 Å². The minimum atomic E-state index is 0.188. The highest BCUT2D eigenvalue weighted by atomic mass is 16.2. The van der Waals surface area contributed by atoms with E-state index in [-0.39, 0.29) is 11.9 Å². The van der Waals surface area contributed by atoms with Crippen LogP contribution in [0.25, 0.3) is 10.8 Å². The summed E-state index contributed by atoms with van der Waals surface area (Å²) in [5.74, 6) is 0.188. The summed E-state index contributed by atoms with van der Waals surface area (Å²) in [5.41, 5.74) is 3.80. The van der Waals surface area contributed by atoms with Crippen LogP contribution in [0.15, 0.2) is 66.7 Å². The molecule has 1 amide bonds. The van der Waals surface area contributed by atoms with Crippen molar-refractivity contribution in [3.05, 3.63) is 83.4 Å². The largest absolute Gasteiger partial charge is 0.338 e. The van der Waals surface area contributed by atoms with Crippen LogP contribution in [0, 0.1) is 0 Å². The van der Waals surface area contributed by atoms with Gasteiger partial charge in [0.2, 0.25) is 5.91 Å². The van der Waals surface area contributed by atoms with Crippen LogP contribution in [0.5, 0.6) is 0 Å². The molecule has 0 heterocycles. The zero-order chi connectivity index (χ0) is 16.5. The van der Waals surface area contributed by atoms with Crippen LogP contribution < -0.4 is 0 Å². The van der Waals surface area contributed by atoms with Crippen LogP contribution in [0.4, 0.5) is 0 Å². The van der Waals surface area contributed by atoms with E-state index in [0.29, 0.717) is 6.42 Å². The van der Waals surface area contributed by atoms with E-state index in [2.05, 4.69) is 48.5 Å². The molecule has 2 heteroatoms. The molecule has 4 rings (SSSR count). The lowest BCUT2D eigenvalue weighted by Crippen LogP contribution is -2.31. The first-order valence-electron chi connectivity index (χ1n) is 8.54. The second-order valence-corrected chi connectivity index (χ2v) is 6.57. The number of carbonyl (C=O) groups excluding carboxylic acids is 1. The summed E-state index contributed by atoms with van der Waals surface area (Å²) >= 11 is 0. The van der Waals surface area contributed by atoms with E-state index in [1.165, 1.54) is 21.9 Å². The van der Waals surface area contributed by atoms with Gasteiger partial charge in [-0.05, 0) is 40.3 Å². The van der Waals surface area contributed by atoms with Crippen LogP contribution in [0.1, 0.15) is 29.2 Å². The summed E-state index contributed by atoms with van der Waals surface area (Å²) in [6.45, 7) is 0. The van der Waals surface area contributed by atoms with Crippen molar-refractivity contribution < 1.29 is 4.79 Å². The highest BCUT2D eigenvalue weighted by molar-refractivity contribution is 5.90. The Morgan fingerprint density at radius 1 is 1.00 bits per heavy atom. The Balaban J connectivity index is 1.58. The summed E-state index contributed by atoms with van der Waals surface area (Å²) in [5, 5.41) is 2.37. The van der Waals surface area contributed by atoms with Crippen molar-refractivity contribution in [3.63, 3.8) is 0 Å². The first kappa shape index (κ1) is 14.9. The fraction of sp³-hybridized carbons (Fsp3) is 0.227. The van der Waals surface area contributed by atoms with Gasteiger partial charge in [-0.15, -0.1) is 0 Å². The van der Waals surface area contributed by atoms with Crippen LogP contribution in [0.2, 0.25) is 0 Å². The molecule has 3 aromatic rings. The quantitative estimate of drug-likeness (QED) is 0.695. The molecule has 0 radical (unpaired) electrons. The Morgan fingerprint density at radius 3 is 2.67 bits per heavy atom. The maximum absolute atomic E-state index is 12.9. The lowest BCUT2D eigenvalue weighted by atomic mass is 10.0. The van der Waals surface area contributed by atoms with Gasteiger partial charge in [-0.25, -0.2) is 0 Å². The molecule has 2 nitrogen and oxygen atoms in total. The Kier molecular flexibility index (Phi) is 3.81. The lowest BCUT2D eigenvalue weighted by Gasteiger charge is -2.26. The van der Waals surface area contributed by atoms with Gasteiger partial charge in [0.05, 0.1) is 12.5 Å². The van der Waals surface area contributed by atoms with E-state index in [4.69, 9.17) is 0 Å². The van der Waals surface area contributed by atoms with Gasteiger partial charge in [-0.1, -0.05) is 66.7 Å². The van der Waals surface area contributed by atoms with E-state index in [1.54, 1.807) is 0 Å². The zero-order valence-corrected chi connectivity index (χ0v) is 13.9. The number of aryl methyl sites for hydroxylation is 1. The number of fused-ring (bicyclic) bond motifs is 2. The molecular weight excluding hydrogens is 294 g/mol. The Morgan fingerprint density at radius 2 is 1.75 bits per heavy atom. The predicted octanol–water partition coefficient (Wildman–Crippen LogP) is 4.53. The number of rotatable bonds is 3. The van der Waals surface area contributed by atoms with E-state index in [0.717, 1.165) is 18.4 Å². The molecule has 0 aliphatic heterocycles. The molecule has 1 aliphatic rings. The molecule has 1 atom stereocenters. The van der Waals surface area contributed by atoms with E-state index < -0.39 is 0 Å². The third-order valence-electron chi connectivity index (χ3n) is 5.18. The van der Waals surface area contributed by atoms with Gasteiger partial charge in [-0.3, -0.25) is 4.79 Å². The topological polar surface area (TPSA) is 20.3 Å². The van der Waals surface area contributed by atoms with Gasteiger partial charge in [0.25, 0.3) is 0 Å². The van der Waals surface area contributed by atoms with Crippen LogP contribution >= 0.6 is 0 Å². The maximum Gasteiger partial charge on any atom is 0.227 e. The Labute approximate surface area is 142 Å². The lowest BCUT2D eigenvalue weighted by molar-refractivity contribution is -0.131. The average molecular weight is 315 g/mol. The van der Waals surface area contributed by atoms with Crippen molar-refractivity contribution in [2.24, 2.45) is 0 Å². The van der Waals surface area contributed by atoms with Crippen molar-refractivity contribution in [3.8, 4) is 0 Å². The second-order valence-electron chi connectivity index (χ2n) is 6.57. The van der Waals surface area contributed by atoms with Gasteiger partial charge in [0.15, 0.2) is 0 Å². The molecule has 0 saturated carbocycles. The number of hydrogen-bond donors (Lipinski definition) is 0. The average Bonchev–Trinajstić information content (AvgIpc) is 3.05. The van der Waals surface area contributed by atoms with Gasteiger partial charge < -0.3 is 4.90 Å². The number of hydrogen-bond acceptors (Lipinski definition) is 1. The van der Waals surface area contributed by atoms with Crippen molar-refractivity contribution in [1.82, 2.24) is 4.90 Å². The van der Waals surface area contributed by atoms with E-state index in [9.17, 15) is 4.79 Å². The third kappa shape index (κ3) is 2.58. The molecule has 0 spiro atoms. The number of likely N-dealkylation sites (N-methyl/N-ethyl adjacent to an activating group) is 1. The van der Waals surface area contributed by atoms with Crippen LogP contribution in [-0.2, 0) is 17.6 Å². The molecule has 0 aromatic heterocycles. The van der Waals surface area contributed by atoms with Gasteiger partial charge in [0, 0.05) is 7.05 Å². The SMILES string of the molecule is CN(C(=O)Cc1cccc2ccccc12)[C@@H]1CCc2ccccc21. The smallest absolute Gasteiger partial charge is 0.227 e. The minimum Gasteiger partial charge on any atom is -0.338 e. The highest BCUT2D eigenvalue weighted by Gasteiger charge is 2.28. The Hall–Kier alpha value is -2.61. The number of nitrogens with zero attached hydrogens (tertiary/aromatic N) is 1. The van der Waals surface area contributed by atoms with Crippen LogP contribution in [-0.4, -0.2) is 17.9 Å². The van der Waals surface area contributed by atoms with Gasteiger partial charge in [0.1, 0.15) is 0 Å². The molecule has 24 heavy (non-hydrogen) atoms. The number of amides is 1. The summed E-state index contributed by atoms with van der Waals surface area (Å²) in [4.78, 5) is 14.8. The second kappa shape index (κ2) is 6.12. The fourth-order valence-corrected chi connectivity index (χ4v) is 3.85. The first-order chi connectivity index (χ1) is 11.7. The molecule has 0 N–H and O–H groups in total. The summed E-state index contributed by atoms with van der Waals surface area (Å²) < 4.78 is 0. The third-order valence-corrected chi connectivity index (χ3v) is 5.18. The summed E-state index contributed by atoms with van der Waals surface area (Å²) in [6.07, 6.45) is 2.54. The van der Waals surface area contributed by atoms with E-state index in [1.807, 2.05) is 30.1 Å². The molecule has 1 aliphatic carbocycles. The predicted molar refractivity (Wildman–Crippen MR) is 97.9 cm³/mol. The monoisotopic (exact) mass is 315 g/mol. The minimum absolute atomic E-state index is 0.188. The van der Waals surface area contributed by atoms with Crippen LogP contribution in [0.3, 0.4) is 0 Å². The zero-order valence-electron chi connectivity index (χ0n) is 13.9. The maximum atomic E-state index is 12.9. The van der Waals surface area contributed by atoms with Crippen molar-refractivity contribution in [2.45, 2.75) is 25.3 Å². The fourth-order valence-electron chi connectivity index (χ4n) is 3.85.